The zero-order chi connectivity index (χ0) is 24.6. The molecular weight excluding hydrogens is 447 g/mol. The van der Waals surface area contributed by atoms with Gasteiger partial charge in [0.25, 0.3) is 0 Å². The van der Waals surface area contributed by atoms with Crippen molar-refractivity contribution in [3.8, 4) is 5.75 Å². The molecule has 0 atom stereocenters. The fourth-order valence-corrected chi connectivity index (χ4v) is 3.17. The van der Waals surface area contributed by atoms with Gasteiger partial charge in [0.15, 0.2) is 11.6 Å². The van der Waals surface area contributed by atoms with Crippen molar-refractivity contribution in [2.45, 2.75) is 13.5 Å². The average molecular weight is 471 g/mol. The van der Waals surface area contributed by atoms with Crippen LogP contribution in [0.5, 0.6) is 5.75 Å². The average Bonchev–Trinajstić information content (AvgIpc) is 2.86. The van der Waals surface area contributed by atoms with Crippen molar-refractivity contribution >= 4 is 34.7 Å². The van der Waals surface area contributed by atoms with Crippen LogP contribution in [0.25, 0.3) is 0 Å². The molecule has 1 amide bonds. The van der Waals surface area contributed by atoms with Gasteiger partial charge in [0, 0.05) is 23.3 Å². The SMILES string of the molecule is C=CC(=O)Nc1cccc(Nc2nc(Nc3ccc(OCc4ccccn4)c(C)c3)ncc2F)c1. The highest BCUT2D eigenvalue weighted by molar-refractivity contribution is 5.99. The highest BCUT2D eigenvalue weighted by Gasteiger charge is 2.10. The second-order valence-electron chi connectivity index (χ2n) is 7.50. The maximum atomic E-state index is 14.4. The summed E-state index contributed by atoms with van der Waals surface area (Å²) in [5.74, 6) is -0.0314. The van der Waals surface area contributed by atoms with Gasteiger partial charge in [0.05, 0.1) is 11.9 Å². The Kier molecular flexibility index (Phi) is 7.27. The number of aromatic nitrogens is 3. The molecule has 0 radical (unpaired) electrons. The van der Waals surface area contributed by atoms with Gasteiger partial charge >= 0.3 is 0 Å². The van der Waals surface area contributed by atoms with E-state index in [-0.39, 0.29) is 17.7 Å². The van der Waals surface area contributed by atoms with Crippen molar-refractivity contribution in [2.24, 2.45) is 0 Å². The zero-order valence-electron chi connectivity index (χ0n) is 19.0. The molecule has 0 saturated carbocycles. The van der Waals surface area contributed by atoms with E-state index in [4.69, 9.17) is 4.74 Å². The van der Waals surface area contributed by atoms with Gasteiger partial charge in [-0.25, -0.2) is 9.37 Å². The molecule has 2 aromatic heterocycles. The Hall–Kier alpha value is -4.79. The largest absolute Gasteiger partial charge is 0.487 e. The molecule has 0 aliphatic rings. The fourth-order valence-electron chi connectivity index (χ4n) is 3.17. The summed E-state index contributed by atoms with van der Waals surface area (Å²) in [6.45, 7) is 5.71. The number of hydrogen-bond acceptors (Lipinski definition) is 7. The van der Waals surface area contributed by atoms with Crippen LogP contribution >= 0.6 is 0 Å². The third-order valence-corrected chi connectivity index (χ3v) is 4.86. The van der Waals surface area contributed by atoms with Crippen molar-refractivity contribution in [3.05, 3.63) is 103 Å². The summed E-state index contributed by atoms with van der Waals surface area (Å²) >= 11 is 0. The molecule has 4 rings (SSSR count). The number of rotatable bonds is 9. The number of carbonyl (C=O) groups is 1. The molecule has 176 valence electrons. The highest BCUT2D eigenvalue weighted by atomic mass is 19.1. The normalized spacial score (nSPS) is 10.3. The van der Waals surface area contributed by atoms with E-state index < -0.39 is 5.82 Å². The number of nitrogens with zero attached hydrogens (tertiary/aromatic N) is 3. The predicted octanol–water partition coefficient (Wildman–Crippen LogP) is 5.51. The minimum absolute atomic E-state index is 0.0123. The number of benzene rings is 2. The van der Waals surface area contributed by atoms with Crippen molar-refractivity contribution in [2.75, 3.05) is 16.0 Å². The Labute approximate surface area is 201 Å². The van der Waals surface area contributed by atoms with Gasteiger partial charge in [0.2, 0.25) is 11.9 Å². The summed E-state index contributed by atoms with van der Waals surface area (Å²) < 4.78 is 20.2. The third-order valence-electron chi connectivity index (χ3n) is 4.86. The number of carbonyl (C=O) groups excluding carboxylic acids is 1. The molecule has 0 aliphatic heterocycles. The monoisotopic (exact) mass is 470 g/mol. The number of anilines is 5. The van der Waals surface area contributed by atoms with E-state index in [9.17, 15) is 9.18 Å². The second-order valence-corrected chi connectivity index (χ2v) is 7.50. The molecule has 0 fully saturated rings. The molecule has 0 saturated heterocycles. The van der Waals surface area contributed by atoms with E-state index in [1.807, 2.05) is 43.3 Å². The van der Waals surface area contributed by atoms with Gasteiger partial charge in [-0.05, 0) is 67.1 Å². The summed E-state index contributed by atoms with van der Waals surface area (Å²) in [5, 5.41) is 8.65. The van der Waals surface area contributed by atoms with E-state index in [1.54, 1.807) is 30.5 Å². The molecule has 9 heteroatoms. The molecule has 2 aromatic carbocycles. The molecule has 4 aromatic rings. The molecule has 35 heavy (non-hydrogen) atoms. The second kappa shape index (κ2) is 10.9. The van der Waals surface area contributed by atoms with Crippen LogP contribution in [0.3, 0.4) is 0 Å². The standard InChI is InChI=1S/C26H23FN6O2/c1-3-24(34)30-18-8-6-9-19(14-18)31-25-22(27)15-29-26(33-25)32-20-10-11-23(17(2)13-20)35-16-21-7-4-5-12-28-21/h3-15H,1,16H2,2H3,(H,30,34)(H2,29,31,32,33). The van der Waals surface area contributed by atoms with E-state index in [0.29, 0.717) is 18.0 Å². The first-order valence-electron chi connectivity index (χ1n) is 10.7. The molecule has 0 bridgehead atoms. The maximum Gasteiger partial charge on any atom is 0.247 e. The lowest BCUT2D eigenvalue weighted by Gasteiger charge is -2.13. The summed E-state index contributed by atoms with van der Waals surface area (Å²) in [6, 6.07) is 18.0. The van der Waals surface area contributed by atoms with E-state index >= 15 is 0 Å². The zero-order valence-corrected chi connectivity index (χ0v) is 19.0. The Morgan fingerprint density at radius 1 is 1.03 bits per heavy atom. The van der Waals surface area contributed by atoms with E-state index in [1.165, 1.54) is 6.08 Å². The smallest absolute Gasteiger partial charge is 0.247 e. The Morgan fingerprint density at radius 2 is 1.86 bits per heavy atom. The lowest BCUT2D eigenvalue weighted by molar-refractivity contribution is -0.111. The lowest BCUT2D eigenvalue weighted by atomic mass is 10.2. The molecule has 0 spiro atoms. The molecule has 0 unspecified atom stereocenters. The summed E-state index contributed by atoms with van der Waals surface area (Å²) in [4.78, 5) is 24.0. The van der Waals surface area contributed by atoms with Crippen LogP contribution in [0.4, 0.5) is 33.2 Å². The van der Waals surface area contributed by atoms with E-state index in [2.05, 4.69) is 37.5 Å². The van der Waals surface area contributed by atoms with Gasteiger partial charge in [-0.2, -0.15) is 4.98 Å². The van der Waals surface area contributed by atoms with Gasteiger partial charge in [-0.3, -0.25) is 9.78 Å². The minimum Gasteiger partial charge on any atom is -0.487 e. The number of halogens is 1. The first-order chi connectivity index (χ1) is 17.0. The van der Waals surface area contributed by atoms with Gasteiger partial charge in [0.1, 0.15) is 12.4 Å². The first-order valence-corrected chi connectivity index (χ1v) is 10.7. The minimum atomic E-state index is -0.620. The van der Waals surface area contributed by atoms with Gasteiger partial charge in [-0.15, -0.1) is 0 Å². The van der Waals surface area contributed by atoms with Crippen LogP contribution in [0.15, 0.2) is 85.7 Å². The van der Waals surface area contributed by atoms with Crippen LogP contribution < -0.4 is 20.7 Å². The van der Waals surface area contributed by atoms with Crippen LogP contribution in [0, 0.1) is 12.7 Å². The maximum absolute atomic E-state index is 14.4. The number of hydrogen-bond donors (Lipinski definition) is 3. The highest BCUT2D eigenvalue weighted by Crippen LogP contribution is 2.26. The van der Waals surface area contributed by atoms with Gasteiger partial charge < -0.3 is 20.7 Å². The quantitative estimate of drug-likeness (QED) is 0.277. The Morgan fingerprint density at radius 3 is 2.63 bits per heavy atom. The third kappa shape index (κ3) is 6.38. The Balaban J connectivity index is 1.44. The van der Waals surface area contributed by atoms with Crippen LogP contribution in [0.1, 0.15) is 11.3 Å². The summed E-state index contributed by atoms with van der Waals surface area (Å²) in [5.41, 5.74) is 3.54. The van der Waals surface area contributed by atoms with Crippen LogP contribution in [0.2, 0.25) is 0 Å². The molecule has 0 aliphatic carbocycles. The van der Waals surface area contributed by atoms with E-state index in [0.717, 1.165) is 28.9 Å². The summed E-state index contributed by atoms with van der Waals surface area (Å²) in [6.07, 6.45) is 3.98. The molecule has 8 nitrogen and oxygen atoms in total. The first kappa shape index (κ1) is 23.4. The summed E-state index contributed by atoms with van der Waals surface area (Å²) in [7, 11) is 0. The molecule has 2 heterocycles. The number of amides is 1. The lowest BCUT2D eigenvalue weighted by Crippen LogP contribution is -2.07. The predicted molar refractivity (Wildman–Crippen MR) is 134 cm³/mol. The number of pyridine rings is 1. The topological polar surface area (TPSA) is 101 Å². The van der Waals surface area contributed by atoms with Crippen LogP contribution in [-0.4, -0.2) is 20.9 Å². The van der Waals surface area contributed by atoms with Crippen molar-refractivity contribution in [1.29, 1.82) is 0 Å². The van der Waals surface area contributed by atoms with Crippen molar-refractivity contribution < 1.29 is 13.9 Å². The van der Waals surface area contributed by atoms with Gasteiger partial charge in [-0.1, -0.05) is 18.7 Å². The van der Waals surface area contributed by atoms with Crippen molar-refractivity contribution in [1.82, 2.24) is 15.0 Å². The fraction of sp³-hybridized carbons (Fsp3) is 0.0769. The Bertz CT molecular complexity index is 1350. The number of aryl methyl sites for hydroxylation is 1. The molecular formula is C26H23FN6O2. The number of nitrogens with one attached hydrogen (secondary N) is 3. The van der Waals surface area contributed by atoms with Crippen molar-refractivity contribution in [3.63, 3.8) is 0 Å². The molecule has 3 N–H and O–H groups in total. The van der Waals surface area contributed by atoms with Crippen LogP contribution in [-0.2, 0) is 11.4 Å². The number of ether oxygens (including phenoxy) is 1.